The molecule has 21 heavy (non-hydrogen) atoms. The van der Waals surface area contributed by atoms with Gasteiger partial charge in [0, 0.05) is 4.88 Å². The molecule has 0 aliphatic rings. The number of carbonyl (C=O) groups excluding carboxylic acids is 2. The van der Waals surface area contributed by atoms with Crippen LogP contribution in [-0.4, -0.2) is 31.9 Å². The number of rotatable bonds is 4. The van der Waals surface area contributed by atoms with Crippen LogP contribution in [0, 0.1) is 0 Å². The zero-order valence-corrected chi connectivity index (χ0v) is 13.5. The molecule has 0 aliphatic carbocycles. The lowest BCUT2D eigenvalue weighted by atomic mass is 10.2. The molecular weight excluding hydrogens is 294 g/mol. The number of hydrogen-bond donors (Lipinski definition) is 1. The van der Waals surface area contributed by atoms with Gasteiger partial charge in [0.1, 0.15) is 11.3 Å². The number of methoxy groups -OCH3 is 2. The van der Waals surface area contributed by atoms with Gasteiger partial charge in [-0.15, -0.1) is 0 Å². The number of carbonyl (C=O) groups is 2. The summed E-state index contributed by atoms with van der Waals surface area (Å²) in [5.41, 5.74) is -0.659. The Morgan fingerprint density at radius 2 is 1.90 bits per heavy atom. The second kappa shape index (κ2) is 7.12. The minimum Gasteiger partial charge on any atom is -0.487 e. The summed E-state index contributed by atoms with van der Waals surface area (Å²) in [5, 5.41) is 3.09. The van der Waals surface area contributed by atoms with Crippen molar-refractivity contribution < 1.29 is 23.8 Å². The summed E-state index contributed by atoms with van der Waals surface area (Å²) in [5.74, 6) is -0.659. The van der Waals surface area contributed by atoms with Crippen LogP contribution in [-0.2, 0) is 14.3 Å². The van der Waals surface area contributed by atoms with Crippen LogP contribution in [0.5, 0.6) is 5.06 Å². The predicted molar refractivity (Wildman–Crippen MR) is 80.2 cm³/mol. The molecule has 1 rings (SSSR count). The summed E-state index contributed by atoms with van der Waals surface area (Å²) >= 11 is 1.33. The molecule has 6 nitrogen and oxygen atoms in total. The maximum absolute atomic E-state index is 11.7. The second-order valence-electron chi connectivity index (χ2n) is 5.04. The number of nitrogens with one attached hydrogen (secondary N) is 1. The normalized spacial score (nSPS) is 11.8. The highest BCUT2D eigenvalue weighted by Gasteiger charge is 2.20. The van der Waals surface area contributed by atoms with E-state index in [2.05, 4.69) is 10.1 Å². The number of thiophene rings is 1. The van der Waals surface area contributed by atoms with Crippen LogP contribution < -0.4 is 10.1 Å². The molecule has 0 atom stereocenters. The summed E-state index contributed by atoms with van der Waals surface area (Å²) in [6.07, 6.45) is 0.783. The first-order valence-electron chi connectivity index (χ1n) is 6.19. The molecule has 1 heterocycles. The topological polar surface area (TPSA) is 73.9 Å². The maximum atomic E-state index is 11.7. The van der Waals surface area contributed by atoms with Crippen molar-refractivity contribution in [2.45, 2.75) is 26.4 Å². The van der Waals surface area contributed by atoms with Gasteiger partial charge in [-0.25, -0.2) is 9.59 Å². The maximum Gasteiger partial charge on any atom is 0.412 e. The standard InChI is InChI=1S/C14H19NO5S/c1-14(2,3)20-13(17)15-10(12(16)19-5)8-9-6-7-11(18-4)21-9/h6-8H,1-5H3,(H,15,17)/b10-8-. The van der Waals surface area contributed by atoms with E-state index in [0.29, 0.717) is 5.06 Å². The molecule has 0 unspecified atom stereocenters. The Kier molecular flexibility index (Phi) is 5.78. The van der Waals surface area contributed by atoms with Crippen LogP contribution in [0.15, 0.2) is 17.8 Å². The highest BCUT2D eigenvalue weighted by Crippen LogP contribution is 2.25. The first-order valence-corrected chi connectivity index (χ1v) is 7.00. The van der Waals surface area contributed by atoms with Gasteiger partial charge in [0.05, 0.1) is 14.2 Å². The Labute approximate surface area is 127 Å². The second-order valence-corrected chi connectivity index (χ2v) is 6.12. The lowest BCUT2D eigenvalue weighted by molar-refractivity contribution is -0.136. The molecule has 0 spiro atoms. The number of alkyl carbamates (subject to hydrolysis) is 1. The lowest BCUT2D eigenvalue weighted by Crippen LogP contribution is -2.34. The average molecular weight is 313 g/mol. The third kappa shape index (κ3) is 5.86. The molecule has 0 aromatic carbocycles. The van der Waals surface area contributed by atoms with E-state index in [1.54, 1.807) is 40.0 Å². The molecule has 0 saturated carbocycles. The predicted octanol–water partition coefficient (Wildman–Crippen LogP) is 2.80. The molecule has 0 bridgehead atoms. The van der Waals surface area contributed by atoms with E-state index in [1.165, 1.54) is 24.5 Å². The summed E-state index contributed by atoms with van der Waals surface area (Å²) in [6, 6.07) is 3.53. The zero-order valence-electron chi connectivity index (χ0n) is 12.7. The van der Waals surface area contributed by atoms with E-state index in [0.717, 1.165) is 4.88 Å². The van der Waals surface area contributed by atoms with Gasteiger partial charge in [0.15, 0.2) is 5.06 Å². The van der Waals surface area contributed by atoms with Crippen LogP contribution in [0.2, 0.25) is 0 Å². The molecule has 7 heteroatoms. The largest absolute Gasteiger partial charge is 0.487 e. The summed E-state index contributed by atoms with van der Waals surface area (Å²) in [6.45, 7) is 5.20. The van der Waals surface area contributed by atoms with E-state index < -0.39 is 17.7 Å². The highest BCUT2D eigenvalue weighted by molar-refractivity contribution is 7.14. The van der Waals surface area contributed by atoms with Crippen molar-refractivity contribution in [3.8, 4) is 5.06 Å². The fraction of sp³-hybridized carbons (Fsp3) is 0.429. The number of hydrogen-bond acceptors (Lipinski definition) is 6. The van der Waals surface area contributed by atoms with Crippen molar-refractivity contribution in [3.63, 3.8) is 0 Å². The summed E-state index contributed by atoms with van der Waals surface area (Å²) in [4.78, 5) is 24.2. The van der Waals surface area contributed by atoms with Crippen LogP contribution in [0.1, 0.15) is 25.6 Å². The molecular formula is C14H19NO5S. The third-order valence-corrected chi connectivity index (χ3v) is 3.12. The van der Waals surface area contributed by atoms with Gasteiger partial charge in [-0.3, -0.25) is 5.32 Å². The monoisotopic (exact) mass is 313 g/mol. The molecule has 0 radical (unpaired) electrons. The number of ether oxygens (including phenoxy) is 3. The van der Waals surface area contributed by atoms with E-state index in [4.69, 9.17) is 9.47 Å². The molecule has 1 N–H and O–H groups in total. The van der Waals surface area contributed by atoms with E-state index in [1.807, 2.05) is 0 Å². The minimum absolute atomic E-state index is 0.00347. The SMILES string of the molecule is COC(=O)/C(=C/c1ccc(OC)s1)NC(=O)OC(C)(C)C. The van der Waals surface area contributed by atoms with Crippen LogP contribution >= 0.6 is 11.3 Å². The van der Waals surface area contributed by atoms with E-state index in [-0.39, 0.29) is 5.70 Å². The Morgan fingerprint density at radius 3 is 2.38 bits per heavy atom. The van der Waals surface area contributed by atoms with Crippen molar-refractivity contribution in [1.82, 2.24) is 5.32 Å². The Balaban J connectivity index is 2.90. The zero-order chi connectivity index (χ0) is 16.0. The quantitative estimate of drug-likeness (QED) is 0.683. The molecule has 1 amide bonds. The van der Waals surface area contributed by atoms with Crippen molar-refractivity contribution in [2.24, 2.45) is 0 Å². The molecule has 116 valence electrons. The van der Waals surface area contributed by atoms with Crippen molar-refractivity contribution in [3.05, 3.63) is 22.7 Å². The number of esters is 1. The average Bonchev–Trinajstić information content (AvgIpc) is 2.82. The van der Waals surface area contributed by atoms with Gasteiger partial charge in [-0.1, -0.05) is 11.3 Å². The summed E-state index contributed by atoms with van der Waals surface area (Å²) < 4.78 is 14.8. The Morgan fingerprint density at radius 1 is 1.24 bits per heavy atom. The molecule has 1 aromatic rings. The number of amides is 1. The van der Waals surface area contributed by atoms with E-state index in [9.17, 15) is 9.59 Å². The van der Waals surface area contributed by atoms with Crippen molar-refractivity contribution >= 4 is 29.5 Å². The first kappa shape index (κ1) is 17.0. The van der Waals surface area contributed by atoms with Gasteiger partial charge in [0.25, 0.3) is 0 Å². The lowest BCUT2D eigenvalue weighted by Gasteiger charge is -2.20. The van der Waals surface area contributed by atoms with Crippen LogP contribution in [0.4, 0.5) is 4.79 Å². The van der Waals surface area contributed by atoms with Gasteiger partial charge < -0.3 is 14.2 Å². The fourth-order valence-electron chi connectivity index (χ4n) is 1.33. The van der Waals surface area contributed by atoms with Gasteiger partial charge >= 0.3 is 12.1 Å². The molecule has 0 aliphatic heterocycles. The minimum atomic E-state index is -0.720. The Bertz CT molecular complexity index is 542. The summed E-state index contributed by atoms with van der Waals surface area (Å²) in [7, 11) is 2.79. The fourth-order valence-corrected chi connectivity index (χ4v) is 2.10. The smallest absolute Gasteiger partial charge is 0.412 e. The van der Waals surface area contributed by atoms with Gasteiger partial charge in [-0.2, -0.15) is 0 Å². The van der Waals surface area contributed by atoms with Crippen molar-refractivity contribution in [2.75, 3.05) is 14.2 Å². The molecule has 1 aromatic heterocycles. The van der Waals surface area contributed by atoms with Crippen LogP contribution in [0.3, 0.4) is 0 Å². The first-order chi connectivity index (χ1) is 9.75. The Hall–Kier alpha value is -2.02. The van der Waals surface area contributed by atoms with Crippen LogP contribution in [0.25, 0.3) is 6.08 Å². The third-order valence-electron chi connectivity index (χ3n) is 2.13. The van der Waals surface area contributed by atoms with Gasteiger partial charge in [0.2, 0.25) is 0 Å². The molecule has 0 fully saturated rings. The highest BCUT2D eigenvalue weighted by atomic mass is 32.1. The van der Waals surface area contributed by atoms with Gasteiger partial charge in [-0.05, 0) is 39.0 Å². The van der Waals surface area contributed by atoms with Crippen molar-refractivity contribution in [1.29, 1.82) is 0 Å². The molecule has 0 saturated heterocycles. The van der Waals surface area contributed by atoms with E-state index >= 15 is 0 Å².